The smallest absolute Gasteiger partial charge is 0.256 e. The summed E-state index contributed by atoms with van der Waals surface area (Å²) in [6, 6.07) is 7.29. The number of rotatable bonds is 2. The maximum absolute atomic E-state index is 12.8. The number of piperidine rings is 1. The van der Waals surface area contributed by atoms with Crippen LogP contribution in [0.5, 0.6) is 5.75 Å². The van der Waals surface area contributed by atoms with E-state index in [0.717, 1.165) is 31.7 Å². The summed E-state index contributed by atoms with van der Waals surface area (Å²) in [5.74, 6) is 0.818. The van der Waals surface area contributed by atoms with Gasteiger partial charge in [0.15, 0.2) is 0 Å². The molecule has 0 bridgehead atoms. The molecule has 21 heavy (non-hydrogen) atoms. The average molecular weight is 290 g/mol. The molecule has 5 nitrogen and oxygen atoms in total. The lowest BCUT2D eigenvalue weighted by Crippen LogP contribution is -2.54. The molecule has 0 N–H and O–H groups in total. The molecule has 2 aliphatic rings. The number of methoxy groups -OCH3 is 1. The lowest BCUT2D eigenvalue weighted by Gasteiger charge is -2.42. The predicted molar refractivity (Wildman–Crippen MR) is 79.4 cm³/mol. The van der Waals surface area contributed by atoms with Crippen molar-refractivity contribution < 1.29 is 14.3 Å². The highest BCUT2D eigenvalue weighted by Gasteiger charge is 2.46. The zero-order valence-electron chi connectivity index (χ0n) is 12.7. The van der Waals surface area contributed by atoms with Gasteiger partial charge in [-0.3, -0.25) is 4.79 Å². The molecule has 3 rings (SSSR count). The molecule has 0 atom stereocenters. The van der Waals surface area contributed by atoms with Gasteiger partial charge in [0.2, 0.25) is 0 Å². The molecule has 0 aromatic heterocycles. The molecular formula is C16H22N2O3. The monoisotopic (exact) mass is 290 g/mol. The largest absolute Gasteiger partial charge is 0.497 e. The fourth-order valence-electron chi connectivity index (χ4n) is 3.17. The van der Waals surface area contributed by atoms with Crippen molar-refractivity contribution in [2.45, 2.75) is 18.6 Å². The zero-order valence-corrected chi connectivity index (χ0v) is 12.7. The maximum Gasteiger partial charge on any atom is 0.256 e. The summed E-state index contributed by atoms with van der Waals surface area (Å²) in [6.45, 7) is 3.24. The van der Waals surface area contributed by atoms with E-state index < -0.39 is 5.72 Å². The number of ether oxygens (including phenoxy) is 2. The molecule has 2 saturated heterocycles. The highest BCUT2D eigenvalue weighted by Crippen LogP contribution is 2.35. The fourth-order valence-corrected chi connectivity index (χ4v) is 3.17. The van der Waals surface area contributed by atoms with Crippen LogP contribution in [-0.2, 0) is 4.74 Å². The van der Waals surface area contributed by atoms with E-state index in [0.29, 0.717) is 18.7 Å². The molecule has 2 fully saturated rings. The first-order valence-corrected chi connectivity index (χ1v) is 7.43. The minimum atomic E-state index is -0.399. The number of likely N-dealkylation sites (tertiary alicyclic amines) is 1. The Morgan fingerprint density at radius 2 is 1.86 bits per heavy atom. The normalized spacial score (nSPS) is 21.7. The van der Waals surface area contributed by atoms with Crippen LogP contribution in [0.15, 0.2) is 24.3 Å². The van der Waals surface area contributed by atoms with Crippen LogP contribution in [0.2, 0.25) is 0 Å². The van der Waals surface area contributed by atoms with E-state index in [9.17, 15) is 4.79 Å². The lowest BCUT2D eigenvalue weighted by atomic mass is 9.98. The summed E-state index contributed by atoms with van der Waals surface area (Å²) in [7, 11) is 3.73. The van der Waals surface area contributed by atoms with Crippen LogP contribution in [0.4, 0.5) is 0 Å². The van der Waals surface area contributed by atoms with Gasteiger partial charge in [-0.05, 0) is 31.3 Å². The number of hydrogen-bond donors (Lipinski definition) is 0. The van der Waals surface area contributed by atoms with Gasteiger partial charge in [0.1, 0.15) is 11.5 Å². The molecule has 114 valence electrons. The molecule has 0 aliphatic carbocycles. The Bertz CT molecular complexity index is 507. The van der Waals surface area contributed by atoms with E-state index in [1.54, 1.807) is 7.11 Å². The van der Waals surface area contributed by atoms with Gasteiger partial charge in [0.25, 0.3) is 5.91 Å². The molecule has 1 aromatic carbocycles. The van der Waals surface area contributed by atoms with Gasteiger partial charge in [-0.25, -0.2) is 0 Å². The van der Waals surface area contributed by atoms with Crippen LogP contribution in [-0.4, -0.2) is 61.8 Å². The van der Waals surface area contributed by atoms with E-state index in [2.05, 4.69) is 11.9 Å². The number of amides is 1. The summed E-state index contributed by atoms with van der Waals surface area (Å²) in [5, 5.41) is 0. The Morgan fingerprint density at radius 3 is 2.48 bits per heavy atom. The predicted octanol–water partition coefficient (Wildman–Crippen LogP) is 1.59. The Labute approximate surface area is 125 Å². The Morgan fingerprint density at radius 1 is 1.19 bits per heavy atom. The zero-order chi connectivity index (χ0) is 14.9. The summed E-state index contributed by atoms with van der Waals surface area (Å²) in [5.41, 5.74) is 0.295. The molecule has 1 aromatic rings. The third-order valence-electron chi connectivity index (χ3n) is 4.53. The standard InChI is InChI=1S/C16H22N2O3/c1-17-9-7-16(8-10-17)18(11-12-21-16)15(19)13-3-5-14(20-2)6-4-13/h3-6H,7-12H2,1-2H3. The maximum atomic E-state index is 12.8. The van der Waals surface area contributed by atoms with Gasteiger partial charge in [-0.1, -0.05) is 0 Å². The number of benzene rings is 1. The van der Waals surface area contributed by atoms with Crippen molar-refractivity contribution >= 4 is 5.91 Å². The second-order valence-electron chi connectivity index (χ2n) is 5.78. The van der Waals surface area contributed by atoms with Crippen molar-refractivity contribution in [2.24, 2.45) is 0 Å². The van der Waals surface area contributed by atoms with Crippen molar-refractivity contribution in [1.82, 2.24) is 9.80 Å². The second kappa shape index (κ2) is 5.66. The number of nitrogens with zero attached hydrogens (tertiary/aromatic N) is 2. The molecule has 0 saturated carbocycles. The fraction of sp³-hybridized carbons (Fsp3) is 0.562. The number of carbonyl (C=O) groups is 1. The van der Waals surface area contributed by atoms with Crippen molar-refractivity contribution in [2.75, 3.05) is 40.4 Å². The Kier molecular flexibility index (Phi) is 3.87. The highest BCUT2D eigenvalue weighted by molar-refractivity contribution is 5.95. The molecule has 1 amide bonds. The van der Waals surface area contributed by atoms with Crippen molar-refractivity contribution in [3.05, 3.63) is 29.8 Å². The summed E-state index contributed by atoms with van der Waals surface area (Å²) in [6.07, 6.45) is 1.76. The highest BCUT2D eigenvalue weighted by atomic mass is 16.5. The van der Waals surface area contributed by atoms with Crippen molar-refractivity contribution in [3.63, 3.8) is 0 Å². The van der Waals surface area contributed by atoms with E-state index in [4.69, 9.17) is 9.47 Å². The van der Waals surface area contributed by atoms with Gasteiger partial charge >= 0.3 is 0 Å². The Balaban J connectivity index is 1.79. The van der Waals surface area contributed by atoms with Crippen molar-refractivity contribution in [3.8, 4) is 5.75 Å². The third-order valence-corrected chi connectivity index (χ3v) is 4.53. The average Bonchev–Trinajstić information content (AvgIpc) is 2.93. The first-order valence-electron chi connectivity index (χ1n) is 7.43. The van der Waals surface area contributed by atoms with E-state index in [1.807, 2.05) is 29.2 Å². The first kappa shape index (κ1) is 14.4. The molecule has 5 heteroatoms. The number of hydrogen-bond acceptors (Lipinski definition) is 4. The lowest BCUT2D eigenvalue weighted by molar-refractivity contribution is -0.102. The third kappa shape index (κ3) is 2.63. The van der Waals surface area contributed by atoms with Crippen LogP contribution in [0.25, 0.3) is 0 Å². The number of carbonyl (C=O) groups excluding carboxylic acids is 1. The Hall–Kier alpha value is -1.59. The van der Waals surface area contributed by atoms with Gasteiger partial charge in [0, 0.05) is 38.0 Å². The van der Waals surface area contributed by atoms with Crippen LogP contribution >= 0.6 is 0 Å². The van der Waals surface area contributed by atoms with Crippen molar-refractivity contribution in [1.29, 1.82) is 0 Å². The van der Waals surface area contributed by atoms with Gasteiger partial charge in [-0.2, -0.15) is 0 Å². The van der Waals surface area contributed by atoms with E-state index in [-0.39, 0.29) is 5.91 Å². The first-order chi connectivity index (χ1) is 10.1. The molecule has 2 heterocycles. The van der Waals surface area contributed by atoms with Crippen LogP contribution in [0, 0.1) is 0 Å². The quantitative estimate of drug-likeness (QED) is 0.829. The molecule has 1 spiro atoms. The van der Waals surface area contributed by atoms with Crippen LogP contribution in [0.1, 0.15) is 23.2 Å². The summed E-state index contributed by atoms with van der Waals surface area (Å²) >= 11 is 0. The molecule has 0 unspecified atom stereocenters. The second-order valence-corrected chi connectivity index (χ2v) is 5.78. The van der Waals surface area contributed by atoms with E-state index >= 15 is 0 Å². The molecule has 2 aliphatic heterocycles. The van der Waals surface area contributed by atoms with E-state index in [1.165, 1.54) is 0 Å². The van der Waals surface area contributed by atoms with Crippen LogP contribution in [0.3, 0.4) is 0 Å². The van der Waals surface area contributed by atoms with Gasteiger partial charge in [0.05, 0.1) is 13.7 Å². The SMILES string of the molecule is COc1ccc(C(=O)N2CCOC23CCN(C)CC3)cc1. The molecular weight excluding hydrogens is 268 g/mol. The summed E-state index contributed by atoms with van der Waals surface area (Å²) < 4.78 is 11.1. The minimum Gasteiger partial charge on any atom is -0.497 e. The topological polar surface area (TPSA) is 42.0 Å². The van der Waals surface area contributed by atoms with Crippen LogP contribution < -0.4 is 4.74 Å². The summed E-state index contributed by atoms with van der Waals surface area (Å²) in [4.78, 5) is 17.0. The molecule has 0 radical (unpaired) electrons. The van der Waals surface area contributed by atoms with Gasteiger partial charge in [-0.15, -0.1) is 0 Å². The minimum absolute atomic E-state index is 0.0553. The van der Waals surface area contributed by atoms with Gasteiger partial charge < -0.3 is 19.3 Å².